The Morgan fingerprint density at radius 3 is 2.58 bits per heavy atom. The molecule has 0 bridgehead atoms. The van der Waals surface area contributed by atoms with Gasteiger partial charge in [-0.1, -0.05) is 44.8 Å². The Labute approximate surface area is 85.9 Å². The molecular formula is C10H18Cl2. The molecule has 1 atom stereocenters. The van der Waals surface area contributed by atoms with Crippen LogP contribution in [-0.2, 0) is 0 Å². The summed E-state index contributed by atoms with van der Waals surface area (Å²) in [5.74, 6) is 0.568. The SMILES string of the molecule is CCCCCCC(Cl)C=CCCl. The van der Waals surface area contributed by atoms with Crippen molar-refractivity contribution in [3.8, 4) is 0 Å². The number of halogens is 2. The number of hydrogen-bond donors (Lipinski definition) is 0. The fourth-order valence-electron chi connectivity index (χ4n) is 1.06. The monoisotopic (exact) mass is 208 g/mol. The molecule has 0 aromatic carbocycles. The molecule has 0 nitrogen and oxygen atoms in total. The number of hydrogen-bond acceptors (Lipinski definition) is 0. The topological polar surface area (TPSA) is 0 Å². The summed E-state index contributed by atoms with van der Waals surface area (Å²) in [5, 5.41) is 0.181. The maximum absolute atomic E-state index is 5.99. The van der Waals surface area contributed by atoms with Gasteiger partial charge < -0.3 is 0 Å². The number of unbranched alkanes of at least 4 members (excludes halogenated alkanes) is 3. The molecule has 0 aliphatic heterocycles. The van der Waals surface area contributed by atoms with E-state index in [0.717, 1.165) is 6.42 Å². The number of rotatable bonds is 7. The normalized spacial score (nSPS) is 13.9. The number of allylic oxidation sites excluding steroid dienone is 2. The third kappa shape index (κ3) is 8.42. The molecule has 0 aliphatic rings. The Balaban J connectivity index is 3.19. The third-order valence-electron chi connectivity index (χ3n) is 1.77. The van der Waals surface area contributed by atoms with E-state index in [9.17, 15) is 0 Å². The minimum Gasteiger partial charge on any atom is -0.122 e. The Bertz CT molecular complexity index is 110. The zero-order valence-corrected chi connectivity index (χ0v) is 9.24. The molecule has 2 heteroatoms. The van der Waals surface area contributed by atoms with Gasteiger partial charge in [-0.15, -0.1) is 23.2 Å². The first kappa shape index (κ1) is 12.3. The highest BCUT2D eigenvalue weighted by atomic mass is 35.5. The van der Waals surface area contributed by atoms with Crippen molar-refractivity contribution in [2.75, 3.05) is 5.88 Å². The molecule has 12 heavy (non-hydrogen) atoms. The van der Waals surface area contributed by atoms with Gasteiger partial charge >= 0.3 is 0 Å². The van der Waals surface area contributed by atoms with Crippen molar-refractivity contribution in [1.82, 2.24) is 0 Å². The van der Waals surface area contributed by atoms with Crippen LogP contribution in [0.3, 0.4) is 0 Å². The first-order valence-corrected chi connectivity index (χ1v) is 5.65. The molecule has 0 aromatic heterocycles. The first-order valence-electron chi connectivity index (χ1n) is 4.68. The Hall–Kier alpha value is 0.320. The lowest BCUT2D eigenvalue weighted by atomic mass is 10.1. The van der Waals surface area contributed by atoms with Gasteiger partial charge in [-0.3, -0.25) is 0 Å². The van der Waals surface area contributed by atoms with Crippen LogP contribution >= 0.6 is 23.2 Å². The van der Waals surface area contributed by atoms with Crippen molar-refractivity contribution in [3.05, 3.63) is 12.2 Å². The average molecular weight is 209 g/mol. The van der Waals surface area contributed by atoms with E-state index in [4.69, 9.17) is 23.2 Å². The Morgan fingerprint density at radius 2 is 2.00 bits per heavy atom. The fraction of sp³-hybridized carbons (Fsp3) is 0.800. The summed E-state index contributed by atoms with van der Waals surface area (Å²) in [6.45, 7) is 2.21. The van der Waals surface area contributed by atoms with Gasteiger partial charge in [0.1, 0.15) is 0 Å². The smallest absolute Gasteiger partial charge is 0.0516 e. The molecule has 0 rings (SSSR count). The van der Waals surface area contributed by atoms with Gasteiger partial charge in [-0.2, -0.15) is 0 Å². The molecular weight excluding hydrogens is 191 g/mol. The van der Waals surface area contributed by atoms with E-state index in [1.165, 1.54) is 25.7 Å². The van der Waals surface area contributed by atoms with Gasteiger partial charge in [0.25, 0.3) is 0 Å². The van der Waals surface area contributed by atoms with Gasteiger partial charge in [0.05, 0.1) is 5.38 Å². The summed E-state index contributed by atoms with van der Waals surface area (Å²) in [4.78, 5) is 0. The van der Waals surface area contributed by atoms with E-state index < -0.39 is 0 Å². The molecule has 0 radical (unpaired) electrons. The largest absolute Gasteiger partial charge is 0.122 e. The molecule has 0 N–H and O–H groups in total. The summed E-state index contributed by atoms with van der Waals surface area (Å²) in [5.41, 5.74) is 0. The number of alkyl halides is 2. The van der Waals surface area contributed by atoms with Gasteiger partial charge in [-0.05, 0) is 6.42 Å². The summed E-state index contributed by atoms with van der Waals surface area (Å²) in [6, 6.07) is 0. The van der Waals surface area contributed by atoms with Crippen molar-refractivity contribution in [2.24, 2.45) is 0 Å². The third-order valence-corrected chi connectivity index (χ3v) is 2.31. The van der Waals surface area contributed by atoms with E-state index in [-0.39, 0.29) is 5.38 Å². The average Bonchev–Trinajstić information content (AvgIpc) is 2.09. The van der Waals surface area contributed by atoms with Crippen LogP contribution in [0.4, 0.5) is 0 Å². The zero-order valence-electron chi connectivity index (χ0n) is 7.73. The molecule has 0 fully saturated rings. The van der Waals surface area contributed by atoms with E-state index in [1.54, 1.807) is 0 Å². The van der Waals surface area contributed by atoms with Crippen LogP contribution in [0.1, 0.15) is 39.0 Å². The van der Waals surface area contributed by atoms with Gasteiger partial charge in [-0.25, -0.2) is 0 Å². The van der Waals surface area contributed by atoms with Crippen LogP contribution in [0.5, 0.6) is 0 Å². The highest BCUT2D eigenvalue weighted by Crippen LogP contribution is 2.11. The summed E-state index contributed by atoms with van der Waals surface area (Å²) in [6.07, 6.45) is 10.1. The lowest BCUT2D eigenvalue weighted by molar-refractivity contribution is 0.640. The maximum Gasteiger partial charge on any atom is 0.0516 e. The van der Waals surface area contributed by atoms with Crippen LogP contribution in [0.25, 0.3) is 0 Å². The highest BCUT2D eigenvalue weighted by Gasteiger charge is 1.97. The molecule has 0 amide bonds. The minimum absolute atomic E-state index is 0.181. The molecule has 0 aromatic rings. The van der Waals surface area contributed by atoms with Crippen molar-refractivity contribution < 1.29 is 0 Å². The van der Waals surface area contributed by atoms with Crippen molar-refractivity contribution in [2.45, 2.75) is 44.4 Å². The lowest BCUT2D eigenvalue weighted by Crippen LogP contribution is -1.93. The standard InChI is InChI=1S/C10H18Cl2/c1-2-3-4-5-7-10(12)8-6-9-11/h6,8,10H,2-5,7,9H2,1H3. The summed E-state index contributed by atoms with van der Waals surface area (Å²) >= 11 is 11.5. The van der Waals surface area contributed by atoms with Gasteiger partial charge in [0.2, 0.25) is 0 Å². The molecule has 0 aliphatic carbocycles. The Kier molecular flexibility index (Phi) is 9.66. The molecule has 1 unspecified atom stereocenters. The second-order valence-electron chi connectivity index (χ2n) is 2.95. The zero-order chi connectivity index (χ0) is 9.23. The molecule has 72 valence electrons. The highest BCUT2D eigenvalue weighted by molar-refractivity contribution is 6.22. The second kappa shape index (κ2) is 9.41. The van der Waals surface area contributed by atoms with Crippen molar-refractivity contribution in [1.29, 1.82) is 0 Å². The van der Waals surface area contributed by atoms with Crippen molar-refractivity contribution >= 4 is 23.2 Å². The summed E-state index contributed by atoms with van der Waals surface area (Å²) < 4.78 is 0. The summed E-state index contributed by atoms with van der Waals surface area (Å²) in [7, 11) is 0. The second-order valence-corrected chi connectivity index (χ2v) is 3.82. The maximum atomic E-state index is 5.99. The van der Waals surface area contributed by atoms with Gasteiger partial charge in [0, 0.05) is 5.88 Å². The Morgan fingerprint density at radius 1 is 1.25 bits per heavy atom. The van der Waals surface area contributed by atoms with E-state index in [0.29, 0.717) is 5.88 Å². The molecule has 0 saturated heterocycles. The van der Waals surface area contributed by atoms with Crippen LogP contribution in [0.15, 0.2) is 12.2 Å². The predicted molar refractivity (Wildman–Crippen MR) is 58.3 cm³/mol. The van der Waals surface area contributed by atoms with Crippen LogP contribution in [0, 0.1) is 0 Å². The lowest BCUT2D eigenvalue weighted by Gasteiger charge is -2.02. The predicted octanol–water partition coefficient (Wildman–Crippen LogP) is 4.36. The molecule has 0 heterocycles. The first-order chi connectivity index (χ1) is 5.81. The minimum atomic E-state index is 0.181. The van der Waals surface area contributed by atoms with E-state index in [2.05, 4.69) is 6.92 Å². The molecule has 0 saturated carbocycles. The van der Waals surface area contributed by atoms with E-state index >= 15 is 0 Å². The van der Waals surface area contributed by atoms with Crippen LogP contribution in [-0.4, -0.2) is 11.3 Å². The van der Waals surface area contributed by atoms with Crippen molar-refractivity contribution in [3.63, 3.8) is 0 Å². The fourth-order valence-corrected chi connectivity index (χ4v) is 1.42. The molecule has 0 spiro atoms. The van der Waals surface area contributed by atoms with E-state index in [1.807, 2.05) is 12.2 Å². The quantitative estimate of drug-likeness (QED) is 0.332. The van der Waals surface area contributed by atoms with Gasteiger partial charge in [0.15, 0.2) is 0 Å². The van der Waals surface area contributed by atoms with Crippen LogP contribution in [0.2, 0.25) is 0 Å². The van der Waals surface area contributed by atoms with Crippen LogP contribution < -0.4 is 0 Å².